The molecular weight excluding hydrogens is 316 g/mol. The summed E-state index contributed by atoms with van der Waals surface area (Å²) in [6.07, 6.45) is 1.75. The van der Waals surface area contributed by atoms with Crippen molar-refractivity contribution in [1.82, 2.24) is 14.8 Å². The number of aromatic amines is 1. The van der Waals surface area contributed by atoms with Gasteiger partial charge in [0.1, 0.15) is 16.9 Å². The summed E-state index contributed by atoms with van der Waals surface area (Å²) in [4.78, 5) is 37.1. The van der Waals surface area contributed by atoms with Crippen LogP contribution in [0.5, 0.6) is 0 Å². The lowest BCUT2D eigenvalue weighted by molar-refractivity contribution is 0.0695. The average molecular weight is 328 g/mol. The second-order valence-electron chi connectivity index (χ2n) is 5.18. The maximum Gasteiger partial charge on any atom is 0.342 e. The number of hydrogen-bond donors (Lipinski definition) is 4. The highest BCUT2D eigenvalue weighted by Crippen LogP contribution is 2.31. The Bertz CT molecular complexity index is 1060. The Kier molecular flexibility index (Phi) is 3.33. The molecule has 24 heavy (non-hydrogen) atoms. The van der Waals surface area contributed by atoms with Gasteiger partial charge in [-0.3, -0.25) is 9.48 Å². The van der Waals surface area contributed by atoms with E-state index < -0.39 is 34.4 Å². The number of H-pyrrole nitrogens is 1. The van der Waals surface area contributed by atoms with Crippen molar-refractivity contribution < 1.29 is 19.8 Å². The Hall–Kier alpha value is -3.62. The summed E-state index contributed by atoms with van der Waals surface area (Å²) in [5.74, 6) is -3.40. The van der Waals surface area contributed by atoms with Gasteiger partial charge in [0.05, 0.1) is 5.52 Å². The zero-order valence-corrected chi connectivity index (χ0v) is 12.4. The van der Waals surface area contributed by atoms with Gasteiger partial charge in [-0.1, -0.05) is 12.1 Å². The minimum absolute atomic E-state index is 0.230. The molecule has 9 heteroatoms. The molecule has 0 saturated heterocycles. The summed E-state index contributed by atoms with van der Waals surface area (Å²) in [5.41, 5.74) is 3.99. The van der Waals surface area contributed by atoms with Crippen LogP contribution in [0.2, 0.25) is 0 Å². The summed E-state index contributed by atoms with van der Waals surface area (Å²) >= 11 is 0. The van der Waals surface area contributed by atoms with Crippen LogP contribution in [0.4, 0.5) is 5.82 Å². The maximum atomic E-state index is 12.0. The molecule has 0 aliphatic carbocycles. The number of aromatic nitrogens is 3. The number of anilines is 1. The van der Waals surface area contributed by atoms with Crippen molar-refractivity contribution in [2.24, 2.45) is 7.05 Å². The van der Waals surface area contributed by atoms with E-state index in [-0.39, 0.29) is 11.1 Å². The van der Waals surface area contributed by atoms with Gasteiger partial charge in [-0.25, -0.2) is 9.59 Å². The fourth-order valence-electron chi connectivity index (χ4n) is 2.63. The molecule has 1 aromatic carbocycles. The fourth-order valence-corrected chi connectivity index (χ4v) is 2.63. The number of aromatic carboxylic acids is 2. The molecule has 0 fully saturated rings. The van der Waals surface area contributed by atoms with Gasteiger partial charge in [0.25, 0.3) is 5.56 Å². The van der Waals surface area contributed by atoms with Crippen molar-refractivity contribution in [1.29, 1.82) is 0 Å². The van der Waals surface area contributed by atoms with Crippen LogP contribution in [0.1, 0.15) is 20.7 Å². The van der Waals surface area contributed by atoms with E-state index >= 15 is 0 Å². The van der Waals surface area contributed by atoms with Crippen LogP contribution in [0, 0.1) is 0 Å². The van der Waals surface area contributed by atoms with Gasteiger partial charge < -0.3 is 20.9 Å². The third-order valence-electron chi connectivity index (χ3n) is 3.58. The zero-order chi connectivity index (χ0) is 17.6. The molecule has 0 spiro atoms. The Balaban J connectivity index is 2.44. The van der Waals surface area contributed by atoms with E-state index in [0.717, 1.165) is 5.39 Å². The first kappa shape index (κ1) is 15.3. The molecule has 0 amide bonds. The Morgan fingerprint density at radius 3 is 2.50 bits per heavy atom. The minimum atomic E-state index is -1.55. The molecule has 2 heterocycles. The van der Waals surface area contributed by atoms with E-state index in [0.29, 0.717) is 5.52 Å². The molecule has 2 aromatic heterocycles. The topological polar surface area (TPSA) is 151 Å². The van der Waals surface area contributed by atoms with Gasteiger partial charge in [0.15, 0.2) is 0 Å². The van der Waals surface area contributed by atoms with Crippen LogP contribution in [0.25, 0.3) is 22.0 Å². The second kappa shape index (κ2) is 5.23. The van der Waals surface area contributed by atoms with Crippen LogP contribution in [-0.4, -0.2) is 36.9 Å². The lowest BCUT2D eigenvalue weighted by Gasteiger charge is -2.12. The van der Waals surface area contributed by atoms with Crippen molar-refractivity contribution in [3.63, 3.8) is 0 Å². The van der Waals surface area contributed by atoms with Gasteiger partial charge in [-0.15, -0.1) is 0 Å². The average Bonchev–Trinajstić information content (AvgIpc) is 2.84. The molecular formula is C15H12N4O5. The summed E-state index contributed by atoms with van der Waals surface area (Å²) in [7, 11) is 1.72. The number of pyridine rings is 1. The summed E-state index contributed by atoms with van der Waals surface area (Å²) in [5, 5.41) is 23.7. The van der Waals surface area contributed by atoms with E-state index in [1.54, 1.807) is 24.0 Å². The number of aryl methyl sites for hydroxylation is 1. The summed E-state index contributed by atoms with van der Waals surface area (Å²) in [6, 6.07) is 4.70. The predicted octanol–water partition coefficient (Wildman–Crippen LogP) is 0.907. The number of nitrogen functional groups attached to an aromatic ring is 1. The molecule has 3 rings (SSSR count). The molecule has 0 radical (unpaired) electrons. The third-order valence-corrected chi connectivity index (χ3v) is 3.58. The number of carbonyl (C=O) groups is 2. The van der Waals surface area contributed by atoms with Crippen LogP contribution >= 0.6 is 0 Å². The number of rotatable bonds is 3. The first-order valence-electron chi connectivity index (χ1n) is 6.75. The molecule has 0 bridgehead atoms. The van der Waals surface area contributed by atoms with E-state index in [1.807, 2.05) is 0 Å². The highest BCUT2D eigenvalue weighted by atomic mass is 16.4. The normalized spacial score (nSPS) is 10.9. The van der Waals surface area contributed by atoms with E-state index in [1.165, 1.54) is 12.1 Å². The number of fused-ring (bicyclic) bond motifs is 1. The zero-order valence-electron chi connectivity index (χ0n) is 12.4. The third kappa shape index (κ3) is 2.28. The van der Waals surface area contributed by atoms with Gasteiger partial charge in [-0.2, -0.15) is 5.10 Å². The van der Waals surface area contributed by atoms with Crippen LogP contribution < -0.4 is 11.3 Å². The number of benzene rings is 1. The summed E-state index contributed by atoms with van der Waals surface area (Å²) < 4.78 is 1.57. The predicted molar refractivity (Wildman–Crippen MR) is 85.1 cm³/mol. The van der Waals surface area contributed by atoms with Gasteiger partial charge >= 0.3 is 11.9 Å². The fraction of sp³-hybridized carbons (Fsp3) is 0.0667. The Morgan fingerprint density at radius 2 is 1.88 bits per heavy atom. The van der Waals surface area contributed by atoms with Gasteiger partial charge in [0, 0.05) is 24.2 Å². The van der Waals surface area contributed by atoms with E-state index in [9.17, 15) is 24.6 Å². The molecule has 5 N–H and O–H groups in total. The lowest BCUT2D eigenvalue weighted by atomic mass is 9.95. The summed E-state index contributed by atoms with van der Waals surface area (Å²) in [6.45, 7) is 0. The van der Waals surface area contributed by atoms with Crippen LogP contribution in [0.3, 0.4) is 0 Å². The van der Waals surface area contributed by atoms with Gasteiger partial charge in [-0.05, 0) is 11.6 Å². The van der Waals surface area contributed by atoms with Crippen LogP contribution in [0.15, 0.2) is 29.2 Å². The Labute approximate surface area is 134 Å². The first-order valence-corrected chi connectivity index (χ1v) is 6.75. The molecule has 3 aromatic rings. The van der Waals surface area contributed by atoms with Crippen molar-refractivity contribution >= 4 is 28.7 Å². The number of nitrogens with one attached hydrogen (secondary N) is 1. The van der Waals surface area contributed by atoms with E-state index in [2.05, 4.69) is 10.1 Å². The van der Waals surface area contributed by atoms with E-state index in [4.69, 9.17) is 5.73 Å². The molecule has 9 nitrogen and oxygen atoms in total. The quantitative estimate of drug-likeness (QED) is 0.557. The number of carboxylic acid groups (broad SMARTS) is 2. The molecule has 0 aliphatic rings. The van der Waals surface area contributed by atoms with Crippen molar-refractivity contribution in [2.75, 3.05) is 5.73 Å². The Morgan fingerprint density at radius 1 is 1.21 bits per heavy atom. The van der Waals surface area contributed by atoms with Gasteiger partial charge in [0.2, 0.25) is 0 Å². The van der Waals surface area contributed by atoms with Crippen molar-refractivity contribution in [3.8, 4) is 11.1 Å². The number of hydrogen-bond acceptors (Lipinski definition) is 5. The lowest BCUT2D eigenvalue weighted by Crippen LogP contribution is -2.24. The minimum Gasteiger partial charge on any atom is -0.478 e. The number of nitrogens with zero attached hydrogens (tertiary/aromatic N) is 2. The molecule has 0 saturated carbocycles. The molecule has 0 unspecified atom stereocenters. The smallest absolute Gasteiger partial charge is 0.342 e. The monoisotopic (exact) mass is 328 g/mol. The highest BCUT2D eigenvalue weighted by molar-refractivity contribution is 6.08. The van der Waals surface area contributed by atoms with Crippen LogP contribution in [-0.2, 0) is 7.05 Å². The highest BCUT2D eigenvalue weighted by Gasteiger charge is 2.26. The maximum absolute atomic E-state index is 12.0. The first-order chi connectivity index (χ1) is 11.3. The molecule has 0 aliphatic heterocycles. The molecule has 122 valence electrons. The SMILES string of the molecule is Cn1cc2ccc(-c3c(C(=O)O)c(N)[nH]c(=O)c3C(=O)O)cc2n1. The van der Waals surface area contributed by atoms with Crippen molar-refractivity contribution in [3.05, 3.63) is 45.9 Å². The number of carboxylic acids is 2. The van der Waals surface area contributed by atoms with Crippen molar-refractivity contribution in [2.45, 2.75) is 0 Å². The largest absolute Gasteiger partial charge is 0.478 e. The number of nitrogens with two attached hydrogens (primary N) is 1. The second-order valence-corrected chi connectivity index (χ2v) is 5.18. The standard InChI is InChI=1S/C15H12N4O5/c1-19-5-7-3-2-6(4-8(7)18-19)9-10(14(21)22)12(16)17-13(20)11(9)15(23)24/h2-5H,1H3,(H,21,22)(H,23,24)(H3,16,17,20). The molecule has 0 atom stereocenters.